The molecule has 0 saturated carbocycles. The van der Waals surface area contributed by atoms with Gasteiger partial charge in [-0.15, -0.1) is 0 Å². The number of rotatable bonds is 5. The standard InChI is InChI=1S/C15H21FN2O6S2/c1-14(9-24-25(3,20)21)13(17)18-15(2,12(8-19)26(14,22)23)10-6-4-5-7-11(10)16/h4-7,12,19H,8-9H2,1-3H3,(H2,17,18)/t12-,14+,15-/m1/s1. The maximum absolute atomic E-state index is 14.3. The third-order valence-electron chi connectivity index (χ3n) is 4.66. The van der Waals surface area contributed by atoms with Crippen LogP contribution in [0, 0.1) is 5.82 Å². The van der Waals surface area contributed by atoms with E-state index in [0.29, 0.717) is 0 Å². The summed E-state index contributed by atoms with van der Waals surface area (Å²) in [6.45, 7) is 0.857. The molecule has 0 unspecified atom stereocenters. The lowest BCUT2D eigenvalue weighted by molar-refractivity contribution is 0.237. The first-order valence-corrected chi connectivity index (χ1v) is 11.0. The van der Waals surface area contributed by atoms with Crippen LogP contribution in [0.3, 0.4) is 0 Å². The van der Waals surface area contributed by atoms with E-state index in [1.165, 1.54) is 25.1 Å². The molecule has 0 aromatic heterocycles. The highest BCUT2D eigenvalue weighted by Crippen LogP contribution is 2.43. The van der Waals surface area contributed by atoms with Crippen molar-refractivity contribution in [2.24, 2.45) is 10.7 Å². The van der Waals surface area contributed by atoms with Gasteiger partial charge in [0.15, 0.2) is 14.6 Å². The molecule has 8 nitrogen and oxygen atoms in total. The van der Waals surface area contributed by atoms with Gasteiger partial charge in [0.05, 0.1) is 19.5 Å². The molecule has 0 fully saturated rings. The average Bonchev–Trinajstić information content (AvgIpc) is 2.51. The minimum atomic E-state index is -4.32. The van der Waals surface area contributed by atoms with Crippen LogP contribution in [0.15, 0.2) is 29.3 Å². The van der Waals surface area contributed by atoms with E-state index in [-0.39, 0.29) is 5.56 Å². The smallest absolute Gasteiger partial charge is 0.264 e. The lowest BCUT2D eigenvalue weighted by atomic mass is 9.87. The Kier molecular flexibility index (Phi) is 5.23. The molecule has 3 N–H and O–H groups in total. The van der Waals surface area contributed by atoms with E-state index in [1.54, 1.807) is 0 Å². The van der Waals surface area contributed by atoms with Crippen LogP contribution < -0.4 is 5.73 Å². The Morgan fingerprint density at radius 2 is 1.92 bits per heavy atom. The summed E-state index contributed by atoms with van der Waals surface area (Å²) >= 11 is 0. The van der Waals surface area contributed by atoms with Crippen LogP contribution in [0.4, 0.5) is 4.39 Å². The first-order chi connectivity index (χ1) is 11.8. The number of sulfone groups is 1. The zero-order valence-electron chi connectivity index (χ0n) is 14.5. The SMILES string of the molecule is C[C@]1(COS(C)(=O)=O)C(N)=N[C@](C)(c2ccccc2F)[C@@H](CO)S1(=O)=O. The summed E-state index contributed by atoms with van der Waals surface area (Å²) in [6, 6.07) is 5.45. The Hall–Kier alpha value is -1.56. The Morgan fingerprint density at radius 1 is 1.35 bits per heavy atom. The van der Waals surface area contributed by atoms with Gasteiger partial charge in [-0.05, 0) is 19.9 Å². The predicted molar refractivity (Wildman–Crippen MR) is 94.4 cm³/mol. The van der Waals surface area contributed by atoms with E-state index >= 15 is 0 Å². The fourth-order valence-electron chi connectivity index (χ4n) is 2.96. The van der Waals surface area contributed by atoms with Crippen molar-refractivity contribution in [1.29, 1.82) is 0 Å². The molecule has 1 aliphatic heterocycles. The summed E-state index contributed by atoms with van der Waals surface area (Å²) in [5.74, 6) is -1.12. The van der Waals surface area contributed by atoms with Crippen molar-refractivity contribution in [3.05, 3.63) is 35.6 Å². The van der Waals surface area contributed by atoms with Crippen molar-refractivity contribution >= 4 is 25.8 Å². The van der Waals surface area contributed by atoms with E-state index in [9.17, 15) is 26.3 Å². The number of aliphatic hydroxyl groups is 1. The number of halogens is 1. The fraction of sp³-hybridized carbons (Fsp3) is 0.533. The number of amidine groups is 1. The highest BCUT2D eigenvalue weighted by atomic mass is 32.2. The zero-order chi connectivity index (χ0) is 20.0. The van der Waals surface area contributed by atoms with Crippen LogP contribution in [-0.4, -0.2) is 57.2 Å². The van der Waals surface area contributed by atoms with Crippen molar-refractivity contribution in [2.45, 2.75) is 29.4 Å². The van der Waals surface area contributed by atoms with Crippen LogP contribution in [0.2, 0.25) is 0 Å². The molecule has 0 saturated heterocycles. The molecule has 2 rings (SSSR count). The van der Waals surface area contributed by atoms with Gasteiger partial charge in [0.1, 0.15) is 22.4 Å². The van der Waals surface area contributed by atoms with Gasteiger partial charge >= 0.3 is 0 Å². The van der Waals surface area contributed by atoms with Gasteiger partial charge in [-0.25, -0.2) is 12.8 Å². The van der Waals surface area contributed by atoms with E-state index in [4.69, 9.17) is 5.73 Å². The second kappa shape index (κ2) is 6.55. The molecular weight excluding hydrogens is 387 g/mol. The van der Waals surface area contributed by atoms with Gasteiger partial charge in [-0.2, -0.15) is 8.42 Å². The molecule has 26 heavy (non-hydrogen) atoms. The summed E-state index contributed by atoms with van der Waals surface area (Å²) in [6.07, 6.45) is 0.770. The molecule has 0 amide bonds. The molecule has 1 aromatic rings. The predicted octanol–water partition coefficient (Wildman–Crippen LogP) is -0.0777. The lowest BCUT2D eigenvalue weighted by Crippen LogP contribution is -2.64. The van der Waals surface area contributed by atoms with Gasteiger partial charge in [0.25, 0.3) is 10.1 Å². The molecule has 0 aliphatic carbocycles. The second-order valence-electron chi connectivity index (χ2n) is 6.54. The number of aliphatic imine (C=N–C) groups is 1. The summed E-state index contributed by atoms with van der Waals surface area (Å²) in [4.78, 5) is 4.19. The van der Waals surface area contributed by atoms with Gasteiger partial charge in [0.2, 0.25) is 0 Å². The molecule has 0 spiro atoms. The quantitative estimate of drug-likeness (QED) is 0.650. The number of benzene rings is 1. The average molecular weight is 408 g/mol. The third-order valence-corrected chi connectivity index (χ3v) is 8.14. The Morgan fingerprint density at radius 3 is 2.42 bits per heavy atom. The monoisotopic (exact) mass is 408 g/mol. The van der Waals surface area contributed by atoms with Crippen molar-refractivity contribution in [3.63, 3.8) is 0 Å². The zero-order valence-corrected chi connectivity index (χ0v) is 16.1. The number of hydrogen-bond acceptors (Lipinski definition) is 8. The van der Waals surface area contributed by atoms with Crippen molar-refractivity contribution in [3.8, 4) is 0 Å². The first kappa shape index (κ1) is 20.7. The van der Waals surface area contributed by atoms with E-state index in [0.717, 1.165) is 19.2 Å². The van der Waals surface area contributed by atoms with Crippen molar-refractivity contribution < 1.29 is 30.5 Å². The Bertz CT molecular complexity index is 947. The molecule has 3 atom stereocenters. The molecule has 0 bridgehead atoms. The third kappa shape index (κ3) is 3.24. The largest absolute Gasteiger partial charge is 0.395 e. The van der Waals surface area contributed by atoms with Crippen LogP contribution in [0.1, 0.15) is 19.4 Å². The molecule has 0 radical (unpaired) electrons. The number of nitrogens with two attached hydrogens (primary N) is 1. The highest BCUT2D eigenvalue weighted by molar-refractivity contribution is 7.94. The normalized spacial score (nSPS) is 31.4. The molecule has 11 heteroatoms. The van der Waals surface area contributed by atoms with Gasteiger partial charge in [-0.3, -0.25) is 9.18 Å². The Balaban J connectivity index is 2.70. The minimum Gasteiger partial charge on any atom is -0.395 e. The fourth-order valence-corrected chi connectivity index (χ4v) is 5.65. The van der Waals surface area contributed by atoms with Gasteiger partial charge in [-0.1, -0.05) is 18.2 Å². The van der Waals surface area contributed by atoms with Crippen LogP contribution >= 0.6 is 0 Å². The van der Waals surface area contributed by atoms with Crippen molar-refractivity contribution in [2.75, 3.05) is 19.5 Å². The summed E-state index contributed by atoms with van der Waals surface area (Å²) in [5.41, 5.74) is 4.16. The summed E-state index contributed by atoms with van der Waals surface area (Å²) in [5, 5.41) is 8.24. The minimum absolute atomic E-state index is 0.0448. The van der Waals surface area contributed by atoms with Crippen LogP contribution in [-0.2, 0) is 29.7 Å². The van der Waals surface area contributed by atoms with Gasteiger partial charge < -0.3 is 10.8 Å². The number of hydrogen-bond donors (Lipinski definition) is 2. The summed E-state index contributed by atoms with van der Waals surface area (Å²) in [7, 11) is -8.26. The Labute approximate surface area is 151 Å². The van der Waals surface area contributed by atoms with Crippen molar-refractivity contribution in [1.82, 2.24) is 0 Å². The maximum atomic E-state index is 14.3. The summed E-state index contributed by atoms with van der Waals surface area (Å²) < 4.78 is 65.9. The maximum Gasteiger partial charge on any atom is 0.264 e. The number of aliphatic hydroxyl groups excluding tert-OH is 1. The lowest BCUT2D eigenvalue weighted by Gasteiger charge is -2.44. The molecular formula is C15H21FN2O6S2. The van der Waals surface area contributed by atoms with E-state index in [2.05, 4.69) is 9.18 Å². The highest BCUT2D eigenvalue weighted by Gasteiger charge is 2.59. The molecule has 146 valence electrons. The molecule has 1 aromatic carbocycles. The van der Waals surface area contributed by atoms with E-state index < -0.39 is 60.4 Å². The first-order valence-electron chi connectivity index (χ1n) is 7.59. The van der Waals surface area contributed by atoms with Crippen LogP contribution in [0.25, 0.3) is 0 Å². The van der Waals surface area contributed by atoms with E-state index in [1.807, 2.05) is 0 Å². The molecule has 1 heterocycles. The van der Waals surface area contributed by atoms with Crippen LogP contribution in [0.5, 0.6) is 0 Å². The van der Waals surface area contributed by atoms with Gasteiger partial charge in [0, 0.05) is 5.56 Å². The number of nitrogens with zero attached hydrogens (tertiary/aromatic N) is 1. The molecule has 1 aliphatic rings. The second-order valence-corrected chi connectivity index (χ2v) is 10.7. The topological polar surface area (TPSA) is 136 Å².